The average Bonchev–Trinajstić information content (AvgIpc) is 2.46. The van der Waals surface area contributed by atoms with Crippen molar-refractivity contribution in [3.8, 4) is 0 Å². The number of aromatic amines is 1. The van der Waals surface area contributed by atoms with Gasteiger partial charge in [0, 0.05) is 26.4 Å². The lowest BCUT2D eigenvalue weighted by Crippen LogP contribution is -2.08. The lowest BCUT2D eigenvalue weighted by atomic mass is 10.4. The van der Waals surface area contributed by atoms with Crippen molar-refractivity contribution in [3.63, 3.8) is 0 Å². The Morgan fingerprint density at radius 2 is 2.25 bits per heavy atom. The summed E-state index contributed by atoms with van der Waals surface area (Å²) in [4.78, 5) is 9.51. The molecule has 12 heavy (non-hydrogen) atoms. The van der Waals surface area contributed by atoms with Gasteiger partial charge in [-0.1, -0.05) is 0 Å². The monoisotopic (exact) mass is 161 g/mol. The zero-order chi connectivity index (χ0) is 8.55. The van der Waals surface area contributed by atoms with Crippen LogP contribution in [0.5, 0.6) is 0 Å². The minimum absolute atomic E-state index is 1.02. The van der Waals surface area contributed by atoms with Crippen LogP contribution in [0.15, 0.2) is 24.4 Å². The number of nitrogens with zero attached hydrogens (tertiary/aromatic N) is 2. The van der Waals surface area contributed by atoms with Crippen LogP contribution in [0.2, 0.25) is 0 Å². The Balaban J connectivity index is 2.62. The smallest absolute Gasteiger partial charge is 0.108 e. The maximum absolute atomic E-state index is 4.23. The second kappa shape index (κ2) is 2.52. The van der Waals surface area contributed by atoms with Gasteiger partial charge in [-0.3, -0.25) is 4.98 Å². The highest BCUT2D eigenvalue weighted by molar-refractivity contribution is 5.79. The predicted octanol–water partition coefficient (Wildman–Crippen LogP) is 1.63. The molecule has 2 heterocycles. The van der Waals surface area contributed by atoms with Crippen LogP contribution in [0, 0.1) is 0 Å². The van der Waals surface area contributed by atoms with Crippen LogP contribution in [0.3, 0.4) is 0 Å². The van der Waals surface area contributed by atoms with Crippen LogP contribution in [0.25, 0.3) is 11.0 Å². The highest BCUT2D eigenvalue weighted by atomic mass is 15.1. The lowest BCUT2D eigenvalue weighted by molar-refractivity contribution is 1.09. The number of nitrogens with one attached hydrogen (secondary N) is 1. The van der Waals surface area contributed by atoms with Gasteiger partial charge in [0.1, 0.15) is 5.82 Å². The van der Waals surface area contributed by atoms with E-state index < -0.39 is 0 Å². The standard InChI is InChI=1S/C9H11N3/c1-12(2)9-6-8-7(11-9)4-3-5-10-8/h3-6,11H,1-2H3. The van der Waals surface area contributed by atoms with E-state index in [0.29, 0.717) is 0 Å². The molecule has 0 amide bonds. The first-order valence-corrected chi connectivity index (χ1v) is 3.88. The Morgan fingerprint density at radius 3 is 2.92 bits per heavy atom. The normalized spacial score (nSPS) is 10.5. The summed E-state index contributed by atoms with van der Waals surface area (Å²) in [5.74, 6) is 1.09. The van der Waals surface area contributed by atoms with Gasteiger partial charge in [0.25, 0.3) is 0 Å². The molecule has 62 valence electrons. The summed E-state index contributed by atoms with van der Waals surface area (Å²) in [5.41, 5.74) is 2.10. The zero-order valence-corrected chi connectivity index (χ0v) is 7.20. The summed E-state index contributed by atoms with van der Waals surface area (Å²) in [6.45, 7) is 0. The third-order valence-electron chi connectivity index (χ3n) is 1.86. The number of aromatic nitrogens is 2. The number of anilines is 1. The van der Waals surface area contributed by atoms with E-state index in [1.807, 2.05) is 37.2 Å². The van der Waals surface area contributed by atoms with E-state index in [2.05, 4.69) is 9.97 Å². The van der Waals surface area contributed by atoms with Crippen molar-refractivity contribution < 1.29 is 0 Å². The first-order chi connectivity index (χ1) is 5.77. The van der Waals surface area contributed by atoms with Gasteiger partial charge >= 0.3 is 0 Å². The Morgan fingerprint density at radius 1 is 1.42 bits per heavy atom. The summed E-state index contributed by atoms with van der Waals surface area (Å²) >= 11 is 0. The van der Waals surface area contributed by atoms with E-state index in [0.717, 1.165) is 16.9 Å². The lowest BCUT2D eigenvalue weighted by Gasteiger charge is -2.07. The first-order valence-electron chi connectivity index (χ1n) is 3.88. The molecule has 0 aromatic carbocycles. The van der Waals surface area contributed by atoms with Gasteiger partial charge in [-0.15, -0.1) is 0 Å². The molecule has 0 bridgehead atoms. The zero-order valence-electron chi connectivity index (χ0n) is 7.20. The van der Waals surface area contributed by atoms with Gasteiger partial charge in [-0.25, -0.2) is 0 Å². The molecule has 0 radical (unpaired) electrons. The van der Waals surface area contributed by atoms with Crippen LogP contribution in [0.1, 0.15) is 0 Å². The molecule has 0 spiro atoms. The molecule has 3 heteroatoms. The molecule has 0 saturated heterocycles. The summed E-state index contributed by atoms with van der Waals surface area (Å²) in [5, 5.41) is 0. The quantitative estimate of drug-likeness (QED) is 0.689. The van der Waals surface area contributed by atoms with E-state index in [1.54, 1.807) is 6.20 Å². The fourth-order valence-corrected chi connectivity index (χ4v) is 1.18. The second-order valence-electron chi connectivity index (χ2n) is 2.99. The third-order valence-corrected chi connectivity index (χ3v) is 1.86. The van der Waals surface area contributed by atoms with Crippen LogP contribution in [-0.2, 0) is 0 Å². The Hall–Kier alpha value is -1.51. The van der Waals surface area contributed by atoms with E-state index in [1.165, 1.54) is 0 Å². The second-order valence-corrected chi connectivity index (χ2v) is 2.99. The van der Waals surface area contributed by atoms with Crippen molar-refractivity contribution in [1.82, 2.24) is 9.97 Å². The van der Waals surface area contributed by atoms with Crippen molar-refractivity contribution in [2.45, 2.75) is 0 Å². The number of pyridine rings is 1. The van der Waals surface area contributed by atoms with Crippen LogP contribution >= 0.6 is 0 Å². The maximum atomic E-state index is 4.23. The molecule has 0 aliphatic carbocycles. The maximum Gasteiger partial charge on any atom is 0.108 e. The van der Waals surface area contributed by atoms with E-state index >= 15 is 0 Å². The van der Waals surface area contributed by atoms with Gasteiger partial charge in [0.15, 0.2) is 0 Å². The van der Waals surface area contributed by atoms with Gasteiger partial charge < -0.3 is 9.88 Å². The number of hydrogen-bond acceptors (Lipinski definition) is 2. The molecule has 2 aromatic rings. The van der Waals surface area contributed by atoms with Gasteiger partial charge in [-0.05, 0) is 12.1 Å². The number of H-pyrrole nitrogens is 1. The molecular formula is C9H11N3. The van der Waals surface area contributed by atoms with Crippen molar-refractivity contribution in [1.29, 1.82) is 0 Å². The Kier molecular flexibility index (Phi) is 1.50. The van der Waals surface area contributed by atoms with Crippen molar-refractivity contribution in [3.05, 3.63) is 24.4 Å². The minimum Gasteiger partial charge on any atom is -0.364 e. The average molecular weight is 161 g/mol. The summed E-state index contributed by atoms with van der Waals surface area (Å²) in [6, 6.07) is 5.99. The van der Waals surface area contributed by atoms with Gasteiger partial charge in [-0.2, -0.15) is 0 Å². The van der Waals surface area contributed by atoms with E-state index in [4.69, 9.17) is 0 Å². The molecule has 2 rings (SSSR count). The molecule has 0 unspecified atom stereocenters. The molecule has 0 atom stereocenters. The summed E-state index contributed by atoms with van der Waals surface area (Å²) in [6.07, 6.45) is 1.80. The molecule has 0 fully saturated rings. The molecule has 0 saturated carbocycles. The summed E-state index contributed by atoms with van der Waals surface area (Å²) < 4.78 is 0. The van der Waals surface area contributed by atoms with E-state index in [9.17, 15) is 0 Å². The van der Waals surface area contributed by atoms with Crippen LogP contribution < -0.4 is 4.90 Å². The molecule has 0 aliphatic rings. The molecule has 1 N–H and O–H groups in total. The highest BCUT2D eigenvalue weighted by Gasteiger charge is 2.00. The summed E-state index contributed by atoms with van der Waals surface area (Å²) in [7, 11) is 4.01. The van der Waals surface area contributed by atoms with Gasteiger partial charge in [0.2, 0.25) is 0 Å². The molecule has 0 aliphatic heterocycles. The van der Waals surface area contributed by atoms with Crippen molar-refractivity contribution >= 4 is 16.9 Å². The van der Waals surface area contributed by atoms with Crippen molar-refractivity contribution in [2.24, 2.45) is 0 Å². The number of fused-ring (bicyclic) bond motifs is 1. The fourth-order valence-electron chi connectivity index (χ4n) is 1.18. The predicted molar refractivity (Wildman–Crippen MR) is 50.4 cm³/mol. The molecule has 3 nitrogen and oxygen atoms in total. The van der Waals surface area contributed by atoms with Gasteiger partial charge in [0.05, 0.1) is 11.0 Å². The first kappa shape index (κ1) is 7.16. The molecular weight excluding hydrogens is 150 g/mol. The van der Waals surface area contributed by atoms with Crippen LogP contribution in [-0.4, -0.2) is 24.1 Å². The molecule has 2 aromatic heterocycles. The van der Waals surface area contributed by atoms with E-state index in [-0.39, 0.29) is 0 Å². The Labute approximate surface area is 71.0 Å². The largest absolute Gasteiger partial charge is 0.364 e. The fraction of sp³-hybridized carbons (Fsp3) is 0.222. The minimum atomic E-state index is 1.02. The Bertz CT molecular complexity index is 356. The van der Waals surface area contributed by atoms with Crippen LogP contribution in [0.4, 0.5) is 5.82 Å². The number of rotatable bonds is 1. The highest BCUT2D eigenvalue weighted by Crippen LogP contribution is 2.17. The topological polar surface area (TPSA) is 31.9 Å². The van der Waals surface area contributed by atoms with Crippen molar-refractivity contribution in [2.75, 3.05) is 19.0 Å². The SMILES string of the molecule is CN(C)c1cc2ncccc2[nH]1. The third kappa shape index (κ3) is 1.03. The number of hydrogen-bond donors (Lipinski definition) is 1.